The van der Waals surface area contributed by atoms with Crippen molar-refractivity contribution in [2.24, 2.45) is 0 Å². The van der Waals surface area contributed by atoms with Crippen LogP contribution in [0.4, 0.5) is 0 Å². The number of carbonyl (C=O) groups is 2. The first kappa shape index (κ1) is 18.0. The van der Waals surface area contributed by atoms with Crippen molar-refractivity contribution in [1.82, 2.24) is 10.6 Å². The van der Waals surface area contributed by atoms with Crippen LogP contribution in [0.25, 0.3) is 0 Å². The number of amides is 2. The molecular weight excluding hydrogens is 328 g/mol. The molecule has 0 heterocycles. The minimum Gasteiger partial charge on any atom is -0.494 e. The molecule has 0 radical (unpaired) electrons. The number of rotatable bonds is 7. The van der Waals surface area contributed by atoms with Gasteiger partial charge in [0.2, 0.25) is 5.91 Å². The van der Waals surface area contributed by atoms with Crippen LogP contribution in [0.3, 0.4) is 0 Å². The summed E-state index contributed by atoms with van der Waals surface area (Å²) in [6, 6.07) is 16.9. The number of benzene rings is 2. The molecule has 0 atom stereocenters. The average Bonchev–Trinajstić information content (AvgIpc) is 2.64. The molecule has 0 bridgehead atoms. The van der Waals surface area contributed by atoms with E-state index < -0.39 is 0 Å². The zero-order valence-electron chi connectivity index (χ0n) is 15.0. The van der Waals surface area contributed by atoms with Crippen molar-refractivity contribution in [1.29, 1.82) is 0 Å². The van der Waals surface area contributed by atoms with Crippen molar-refractivity contribution in [3.63, 3.8) is 0 Å². The highest BCUT2D eigenvalue weighted by atomic mass is 16.5. The summed E-state index contributed by atoms with van der Waals surface area (Å²) in [5.41, 5.74) is 1.34. The maximum Gasteiger partial charge on any atom is 0.251 e. The van der Waals surface area contributed by atoms with E-state index in [1.807, 2.05) is 37.3 Å². The molecule has 2 amide bonds. The smallest absolute Gasteiger partial charge is 0.251 e. The maximum atomic E-state index is 12.4. The molecule has 2 aromatic rings. The molecule has 3 rings (SSSR count). The lowest BCUT2D eigenvalue weighted by atomic mass is 9.72. The fraction of sp³-hybridized carbons (Fsp3) is 0.333. The molecule has 1 fully saturated rings. The molecular formula is C21H24N2O3. The standard InChI is InChI=1S/C21H24N2O3/c1-2-26-18-11-9-16(10-12-18)20(25)22-15-19(24)23-21(13-6-14-21)17-7-4-3-5-8-17/h3-5,7-12H,2,6,13-15H2,1H3,(H,22,25)(H,23,24). The predicted molar refractivity (Wildman–Crippen MR) is 100 cm³/mol. The van der Waals surface area contributed by atoms with Gasteiger partial charge in [0.1, 0.15) is 5.75 Å². The molecule has 5 nitrogen and oxygen atoms in total. The summed E-state index contributed by atoms with van der Waals surface area (Å²) in [6.45, 7) is 2.44. The van der Waals surface area contributed by atoms with Crippen LogP contribution in [0, 0.1) is 0 Å². The first-order chi connectivity index (χ1) is 12.6. The number of ether oxygens (including phenoxy) is 1. The van der Waals surface area contributed by atoms with Crippen molar-refractivity contribution in [2.45, 2.75) is 31.7 Å². The normalized spacial score (nSPS) is 14.8. The number of hydrogen-bond donors (Lipinski definition) is 2. The zero-order chi connectivity index (χ0) is 18.4. The summed E-state index contributed by atoms with van der Waals surface area (Å²) in [6.07, 6.45) is 2.94. The van der Waals surface area contributed by atoms with E-state index >= 15 is 0 Å². The second-order valence-corrected chi connectivity index (χ2v) is 6.49. The molecule has 26 heavy (non-hydrogen) atoms. The van der Waals surface area contributed by atoms with Gasteiger partial charge in [0.15, 0.2) is 0 Å². The highest BCUT2D eigenvalue weighted by molar-refractivity contribution is 5.96. The van der Waals surface area contributed by atoms with Gasteiger partial charge >= 0.3 is 0 Å². The Morgan fingerprint density at radius 1 is 1.04 bits per heavy atom. The summed E-state index contributed by atoms with van der Waals surface area (Å²) in [7, 11) is 0. The zero-order valence-corrected chi connectivity index (χ0v) is 15.0. The topological polar surface area (TPSA) is 67.4 Å². The van der Waals surface area contributed by atoms with Gasteiger partial charge in [-0.1, -0.05) is 30.3 Å². The molecule has 136 valence electrons. The highest BCUT2D eigenvalue weighted by Crippen LogP contribution is 2.40. The van der Waals surface area contributed by atoms with E-state index in [4.69, 9.17) is 4.74 Å². The van der Waals surface area contributed by atoms with E-state index in [-0.39, 0.29) is 23.9 Å². The lowest BCUT2D eigenvalue weighted by Gasteiger charge is -2.43. The third-order valence-electron chi connectivity index (χ3n) is 4.75. The molecule has 5 heteroatoms. The van der Waals surface area contributed by atoms with Crippen LogP contribution in [0.1, 0.15) is 42.1 Å². The fourth-order valence-corrected chi connectivity index (χ4v) is 3.22. The van der Waals surface area contributed by atoms with Crippen LogP contribution in [-0.2, 0) is 10.3 Å². The lowest BCUT2D eigenvalue weighted by Crippen LogP contribution is -2.53. The van der Waals surface area contributed by atoms with Crippen molar-refractivity contribution < 1.29 is 14.3 Å². The van der Waals surface area contributed by atoms with Crippen LogP contribution in [0.2, 0.25) is 0 Å². The third kappa shape index (κ3) is 4.04. The first-order valence-electron chi connectivity index (χ1n) is 9.00. The molecule has 0 unspecified atom stereocenters. The molecule has 0 saturated heterocycles. The van der Waals surface area contributed by atoms with Gasteiger partial charge in [0.25, 0.3) is 5.91 Å². The number of hydrogen-bond acceptors (Lipinski definition) is 3. The first-order valence-corrected chi connectivity index (χ1v) is 9.00. The van der Waals surface area contributed by atoms with Gasteiger partial charge in [0, 0.05) is 5.56 Å². The Morgan fingerprint density at radius 3 is 2.31 bits per heavy atom. The van der Waals surface area contributed by atoms with E-state index in [0.29, 0.717) is 12.2 Å². The van der Waals surface area contributed by atoms with E-state index in [2.05, 4.69) is 10.6 Å². The summed E-state index contributed by atoms with van der Waals surface area (Å²) >= 11 is 0. The Morgan fingerprint density at radius 2 is 1.73 bits per heavy atom. The molecule has 0 aliphatic heterocycles. The van der Waals surface area contributed by atoms with Crippen molar-refractivity contribution in [3.05, 3.63) is 65.7 Å². The Balaban J connectivity index is 1.54. The third-order valence-corrected chi connectivity index (χ3v) is 4.75. The van der Waals surface area contributed by atoms with Gasteiger partial charge in [-0.15, -0.1) is 0 Å². The van der Waals surface area contributed by atoms with Gasteiger partial charge in [-0.3, -0.25) is 9.59 Å². The van der Waals surface area contributed by atoms with E-state index in [0.717, 1.165) is 30.6 Å². The quantitative estimate of drug-likeness (QED) is 0.805. The summed E-state index contributed by atoms with van der Waals surface area (Å²) in [4.78, 5) is 24.6. The van der Waals surface area contributed by atoms with Crippen molar-refractivity contribution >= 4 is 11.8 Å². The lowest BCUT2D eigenvalue weighted by molar-refractivity contribution is -0.123. The maximum absolute atomic E-state index is 12.4. The average molecular weight is 352 g/mol. The Kier molecular flexibility index (Phi) is 5.56. The van der Waals surface area contributed by atoms with Gasteiger partial charge in [-0.05, 0) is 56.0 Å². The van der Waals surface area contributed by atoms with Gasteiger partial charge in [0.05, 0.1) is 18.7 Å². The monoisotopic (exact) mass is 352 g/mol. The molecule has 1 aliphatic carbocycles. The Labute approximate surface area is 153 Å². The molecule has 1 aliphatic rings. The van der Waals surface area contributed by atoms with Gasteiger partial charge in [-0.25, -0.2) is 0 Å². The fourth-order valence-electron chi connectivity index (χ4n) is 3.22. The molecule has 2 N–H and O–H groups in total. The summed E-state index contributed by atoms with van der Waals surface area (Å²) < 4.78 is 5.36. The molecule has 2 aromatic carbocycles. The highest BCUT2D eigenvalue weighted by Gasteiger charge is 2.39. The Bertz CT molecular complexity index is 753. The summed E-state index contributed by atoms with van der Waals surface area (Å²) in [5, 5.41) is 5.79. The molecule has 1 saturated carbocycles. The minimum atomic E-state index is -0.289. The second kappa shape index (κ2) is 8.04. The van der Waals surface area contributed by atoms with Crippen LogP contribution >= 0.6 is 0 Å². The number of carbonyl (C=O) groups excluding carboxylic acids is 2. The van der Waals surface area contributed by atoms with E-state index in [1.54, 1.807) is 24.3 Å². The van der Waals surface area contributed by atoms with Crippen molar-refractivity contribution in [2.75, 3.05) is 13.2 Å². The van der Waals surface area contributed by atoms with E-state index in [9.17, 15) is 9.59 Å². The van der Waals surface area contributed by atoms with Crippen LogP contribution in [-0.4, -0.2) is 25.0 Å². The Hall–Kier alpha value is -2.82. The summed E-state index contributed by atoms with van der Waals surface area (Å²) in [5.74, 6) is 0.273. The molecule has 0 spiro atoms. The van der Waals surface area contributed by atoms with Crippen molar-refractivity contribution in [3.8, 4) is 5.75 Å². The number of nitrogens with one attached hydrogen (secondary N) is 2. The minimum absolute atomic E-state index is 0.0410. The van der Waals surface area contributed by atoms with Crippen LogP contribution in [0.15, 0.2) is 54.6 Å². The van der Waals surface area contributed by atoms with Crippen LogP contribution in [0.5, 0.6) is 5.75 Å². The predicted octanol–water partition coefficient (Wildman–Crippen LogP) is 3.01. The van der Waals surface area contributed by atoms with Crippen LogP contribution < -0.4 is 15.4 Å². The SMILES string of the molecule is CCOc1ccc(C(=O)NCC(=O)NC2(c3ccccc3)CCC2)cc1. The second-order valence-electron chi connectivity index (χ2n) is 6.49. The molecule has 0 aromatic heterocycles. The van der Waals surface area contributed by atoms with E-state index in [1.165, 1.54) is 0 Å². The largest absolute Gasteiger partial charge is 0.494 e. The van der Waals surface area contributed by atoms with Gasteiger partial charge in [-0.2, -0.15) is 0 Å². The van der Waals surface area contributed by atoms with Gasteiger partial charge < -0.3 is 15.4 Å².